The highest BCUT2D eigenvalue weighted by molar-refractivity contribution is 5.33. The third-order valence-electron chi connectivity index (χ3n) is 2.22. The fraction of sp³-hybridized carbons (Fsp3) is 0.647. The van der Waals surface area contributed by atoms with E-state index in [0.717, 1.165) is 18.6 Å². The van der Waals surface area contributed by atoms with E-state index in [1.807, 2.05) is 45.9 Å². The lowest BCUT2D eigenvalue weighted by atomic mass is 10.1. The van der Waals surface area contributed by atoms with Gasteiger partial charge in [-0.1, -0.05) is 59.2 Å². The van der Waals surface area contributed by atoms with E-state index in [0.29, 0.717) is 13.2 Å². The van der Waals surface area contributed by atoms with E-state index in [9.17, 15) is 0 Å². The first-order valence-electron chi connectivity index (χ1n) is 7.66. The molecule has 0 aliphatic rings. The summed E-state index contributed by atoms with van der Waals surface area (Å²) >= 11 is 0. The molecule has 118 valence electrons. The average molecular weight is 284 g/mol. The number of para-hydroxylation sites is 1. The summed E-state index contributed by atoms with van der Waals surface area (Å²) < 4.78 is 15.7. The number of hydrogen-bond donors (Lipinski definition) is 0. The minimum atomic E-state index is 0.282. The van der Waals surface area contributed by atoms with Gasteiger partial charge in [-0.2, -0.15) is 0 Å². The number of aryl methyl sites for hydroxylation is 1. The molecule has 0 aromatic heterocycles. The second-order valence-electron chi connectivity index (χ2n) is 3.52. The molecule has 0 aliphatic heterocycles. The molecule has 0 amide bonds. The Kier molecular flexibility index (Phi) is 19.1. The zero-order chi connectivity index (χ0) is 15.6. The van der Waals surface area contributed by atoms with E-state index in [2.05, 4.69) is 13.0 Å². The minimum absolute atomic E-state index is 0.282. The monoisotopic (exact) mass is 284 g/mol. The van der Waals surface area contributed by atoms with E-state index in [-0.39, 0.29) is 6.79 Å². The molecule has 0 heterocycles. The van der Waals surface area contributed by atoms with Crippen LogP contribution in [0.4, 0.5) is 0 Å². The average Bonchev–Trinajstić information content (AvgIpc) is 2.53. The maximum Gasteiger partial charge on any atom is 0.189 e. The van der Waals surface area contributed by atoms with Gasteiger partial charge in [-0.05, 0) is 18.1 Å². The van der Waals surface area contributed by atoms with Crippen LogP contribution in [0.3, 0.4) is 0 Å². The molecule has 0 aliphatic carbocycles. The molecule has 0 bridgehead atoms. The van der Waals surface area contributed by atoms with Gasteiger partial charge in [0, 0.05) is 7.11 Å². The van der Waals surface area contributed by atoms with Crippen LogP contribution >= 0.6 is 0 Å². The molecule has 0 spiro atoms. The zero-order valence-corrected chi connectivity index (χ0v) is 14.1. The summed E-state index contributed by atoms with van der Waals surface area (Å²) in [5, 5.41) is 0. The van der Waals surface area contributed by atoms with Crippen LogP contribution in [0.1, 0.15) is 46.6 Å². The SMILES string of the molecule is CC.CC.CCCc1ccccc1OCOCCOC. The lowest BCUT2D eigenvalue weighted by Gasteiger charge is -2.10. The van der Waals surface area contributed by atoms with E-state index in [1.54, 1.807) is 7.11 Å². The standard InChI is InChI=1S/C13H20O3.2C2H6/c1-3-6-12-7-4-5-8-13(12)16-11-15-10-9-14-2;2*1-2/h4-5,7-8H,3,6,9-11H2,1-2H3;2*1-2H3. The highest BCUT2D eigenvalue weighted by Gasteiger charge is 2.01. The number of rotatable bonds is 8. The van der Waals surface area contributed by atoms with Gasteiger partial charge in [0.05, 0.1) is 13.2 Å². The maximum absolute atomic E-state index is 5.56. The van der Waals surface area contributed by atoms with Crippen molar-refractivity contribution in [3.63, 3.8) is 0 Å². The van der Waals surface area contributed by atoms with Crippen molar-refractivity contribution in [3.8, 4) is 5.75 Å². The summed E-state index contributed by atoms with van der Waals surface area (Å²) in [7, 11) is 1.65. The predicted molar refractivity (Wildman–Crippen MR) is 86.5 cm³/mol. The number of methoxy groups -OCH3 is 1. The minimum Gasteiger partial charge on any atom is -0.467 e. The molecule has 0 saturated heterocycles. The quantitative estimate of drug-likeness (QED) is 0.512. The first-order valence-corrected chi connectivity index (χ1v) is 7.66. The van der Waals surface area contributed by atoms with Crippen LogP contribution in [0.15, 0.2) is 24.3 Å². The third-order valence-corrected chi connectivity index (χ3v) is 2.22. The molecule has 0 saturated carbocycles. The molecule has 1 aromatic rings. The summed E-state index contributed by atoms with van der Waals surface area (Å²) in [6.45, 7) is 11.6. The van der Waals surface area contributed by atoms with Gasteiger partial charge in [0.1, 0.15) is 5.75 Å². The van der Waals surface area contributed by atoms with Crippen molar-refractivity contribution in [1.82, 2.24) is 0 Å². The number of benzene rings is 1. The van der Waals surface area contributed by atoms with Crippen molar-refractivity contribution in [2.75, 3.05) is 27.1 Å². The first kappa shape index (κ1) is 21.2. The molecular weight excluding hydrogens is 252 g/mol. The zero-order valence-electron chi connectivity index (χ0n) is 14.1. The molecule has 0 fully saturated rings. The van der Waals surface area contributed by atoms with Crippen molar-refractivity contribution in [2.24, 2.45) is 0 Å². The Bertz CT molecular complexity index is 287. The summed E-state index contributed by atoms with van der Waals surface area (Å²) in [5.74, 6) is 0.918. The molecular formula is C17H32O3. The predicted octanol–water partition coefficient (Wildman–Crippen LogP) is 4.69. The van der Waals surface area contributed by atoms with E-state index >= 15 is 0 Å². The fourth-order valence-corrected chi connectivity index (χ4v) is 1.43. The van der Waals surface area contributed by atoms with Gasteiger partial charge in [0.15, 0.2) is 6.79 Å². The van der Waals surface area contributed by atoms with Crippen LogP contribution in [0.2, 0.25) is 0 Å². The highest BCUT2D eigenvalue weighted by atomic mass is 16.7. The van der Waals surface area contributed by atoms with Gasteiger partial charge in [-0.15, -0.1) is 0 Å². The molecule has 0 N–H and O–H groups in total. The van der Waals surface area contributed by atoms with Crippen molar-refractivity contribution in [1.29, 1.82) is 0 Å². The number of ether oxygens (including phenoxy) is 3. The number of hydrogen-bond acceptors (Lipinski definition) is 3. The van der Waals surface area contributed by atoms with E-state index < -0.39 is 0 Å². The Labute approximate surface area is 125 Å². The van der Waals surface area contributed by atoms with Crippen LogP contribution in [-0.2, 0) is 15.9 Å². The normalized spacial score (nSPS) is 8.90. The molecule has 0 radical (unpaired) electrons. The second-order valence-corrected chi connectivity index (χ2v) is 3.52. The van der Waals surface area contributed by atoms with Gasteiger partial charge in [-0.25, -0.2) is 0 Å². The molecule has 1 rings (SSSR count). The molecule has 0 unspecified atom stereocenters. The van der Waals surface area contributed by atoms with Crippen molar-refractivity contribution < 1.29 is 14.2 Å². The highest BCUT2D eigenvalue weighted by Crippen LogP contribution is 2.19. The molecule has 0 atom stereocenters. The van der Waals surface area contributed by atoms with Crippen LogP contribution in [0.25, 0.3) is 0 Å². The topological polar surface area (TPSA) is 27.7 Å². The maximum atomic E-state index is 5.56. The van der Waals surface area contributed by atoms with Crippen LogP contribution < -0.4 is 4.74 Å². The summed E-state index contributed by atoms with van der Waals surface area (Å²) in [6, 6.07) is 8.08. The van der Waals surface area contributed by atoms with Crippen molar-refractivity contribution in [3.05, 3.63) is 29.8 Å². The fourth-order valence-electron chi connectivity index (χ4n) is 1.43. The lowest BCUT2D eigenvalue weighted by molar-refractivity contribution is -0.00886. The van der Waals surface area contributed by atoms with Crippen LogP contribution in [0, 0.1) is 0 Å². The summed E-state index contributed by atoms with van der Waals surface area (Å²) in [5.41, 5.74) is 1.24. The molecule has 1 aromatic carbocycles. The second kappa shape index (κ2) is 17.9. The van der Waals surface area contributed by atoms with Crippen LogP contribution in [-0.4, -0.2) is 27.1 Å². The third kappa shape index (κ3) is 10.8. The van der Waals surface area contributed by atoms with Gasteiger partial charge >= 0.3 is 0 Å². The van der Waals surface area contributed by atoms with Gasteiger partial charge < -0.3 is 14.2 Å². The Morgan fingerprint density at radius 1 is 0.950 bits per heavy atom. The van der Waals surface area contributed by atoms with Crippen molar-refractivity contribution >= 4 is 0 Å². The summed E-state index contributed by atoms with van der Waals surface area (Å²) in [4.78, 5) is 0. The Morgan fingerprint density at radius 3 is 2.20 bits per heavy atom. The van der Waals surface area contributed by atoms with Gasteiger partial charge in [-0.3, -0.25) is 0 Å². The first-order chi connectivity index (χ1) is 9.88. The largest absolute Gasteiger partial charge is 0.467 e. The Hall–Kier alpha value is -1.06. The lowest BCUT2D eigenvalue weighted by Crippen LogP contribution is -2.08. The Morgan fingerprint density at radius 2 is 1.60 bits per heavy atom. The van der Waals surface area contributed by atoms with Crippen LogP contribution in [0.5, 0.6) is 5.75 Å². The molecule has 3 nitrogen and oxygen atoms in total. The summed E-state index contributed by atoms with van der Waals surface area (Å²) in [6.07, 6.45) is 2.15. The van der Waals surface area contributed by atoms with Crippen molar-refractivity contribution in [2.45, 2.75) is 47.5 Å². The molecule has 3 heteroatoms. The van der Waals surface area contributed by atoms with Gasteiger partial charge in [0.25, 0.3) is 0 Å². The smallest absolute Gasteiger partial charge is 0.189 e. The Balaban J connectivity index is 0. The van der Waals surface area contributed by atoms with E-state index in [1.165, 1.54) is 5.56 Å². The molecule has 20 heavy (non-hydrogen) atoms. The van der Waals surface area contributed by atoms with Gasteiger partial charge in [0.2, 0.25) is 0 Å². The van der Waals surface area contributed by atoms with E-state index in [4.69, 9.17) is 14.2 Å².